The molecule has 0 aliphatic carbocycles. The van der Waals surface area contributed by atoms with Crippen LogP contribution in [-0.2, 0) is 62.8 Å². The Morgan fingerprint density at radius 2 is 1.00 bits per heavy atom. The third-order valence-electron chi connectivity index (χ3n) is 0. The molecule has 0 aromatic carbocycles. The second-order valence-electron chi connectivity index (χ2n) is 0. The summed E-state index contributed by atoms with van der Waals surface area (Å²) in [5.41, 5.74) is 0. The van der Waals surface area contributed by atoms with E-state index in [9.17, 15) is 0 Å². The largest absolute Gasteiger partial charge is 0 e. The van der Waals surface area contributed by atoms with Gasteiger partial charge in [0.2, 0.25) is 0 Å². The summed E-state index contributed by atoms with van der Waals surface area (Å²) in [7, 11) is 0. The molecule has 0 saturated heterocycles. The Morgan fingerprint density at radius 3 is 1.00 bits per heavy atom. The van der Waals surface area contributed by atoms with Crippen molar-refractivity contribution in [1.82, 2.24) is 0 Å². The molecule has 0 spiro atoms. The van der Waals surface area contributed by atoms with Crippen LogP contribution in [0.5, 0.6) is 0 Å². The van der Waals surface area contributed by atoms with E-state index in [1.165, 1.54) is 0 Å². The summed E-state index contributed by atoms with van der Waals surface area (Å²) in [6.45, 7) is 0. The fourth-order valence-electron chi connectivity index (χ4n) is 0. The number of rotatable bonds is 0. The Kier molecular flexibility index (Phi) is 106. The zero-order chi connectivity index (χ0) is 0. The van der Waals surface area contributed by atoms with Gasteiger partial charge in [0.05, 0.1) is 0 Å². The van der Waals surface area contributed by atoms with Gasteiger partial charge in [-0.1, -0.05) is 0 Å². The Bertz CT molecular complexity index is 8.00. The molecule has 0 aliphatic heterocycles. The molecule has 0 aromatic heterocycles. The number of hydrogen-bond acceptors (Lipinski definition) is 0. The molecule has 0 fully saturated rings. The molecule has 0 unspecified atom stereocenters. The van der Waals surface area contributed by atoms with Crippen molar-refractivity contribution < 1.29 is 104 Å². The topological polar surface area (TPSA) is 0 Å². The summed E-state index contributed by atoms with van der Waals surface area (Å²) in [5.74, 6) is 0. The van der Waals surface area contributed by atoms with E-state index < -0.39 is 0 Å². The molecule has 0 saturated carbocycles. The Balaban J connectivity index is 0. The molecule has 1 radical (unpaired) electrons. The van der Waals surface area contributed by atoms with Crippen molar-refractivity contribution >= 4 is 0 Å². The first-order valence-corrected chi connectivity index (χ1v) is 0. The predicted molar refractivity (Wildman–Crippen MR) is 0 cm³/mol. The van der Waals surface area contributed by atoms with Crippen LogP contribution in [0.2, 0.25) is 0 Å². The normalized spacial score (nSPS) is 0. The van der Waals surface area contributed by atoms with Crippen LogP contribution >= 0.6 is 0 Å². The van der Waals surface area contributed by atoms with E-state index in [0.29, 0.717) is 0 Å². The van der Waals surface area contributed by atoms with Crippen molar-refractivity contribution in [3.8, 4) is 0 Å². The molecule has 17 valence electrons. The number of hydrogen-bond donors (Lipinski definition) is 0. The SMILES string of the molecule is [Mn].[Nd].[Zn].[Zr]. The van der Waals surface area contributed by atoms with E-state index in [2.05, 4.69) is 0 Å². The van der Waals surface area contributed by atoms with Gasteiger partial charge in [-0.15, -0.1) is 0 Å². The van der Waals surface area contributed by atoms with E-state index >= 15 is 0 Å². The summed E-state index contributed by atoms with van der Waals surface area (Å²) >= 11 is 0. The van der Waals surface area contributed by atoms with Crippen LogP contribution in [0.1, 0.15) is 0 Å². The van der Waals surface area contributed by atoms with Gasteiger partial charge < -0.3 is 0 Å². The molecule has 0 nitrogen and oxygen atoms in total. The fourth-order valence-corrected chi connectivity index (χ4v) is 0. The van der Waals surface area contributed by atoms with Gasteiger partial charge in [-0.3, -0.25) is 0 Å². The van der Waals surface area contributed by atoms with Gasteiger partial charge in [-0.05, 0) is 0 Å². The minimum absolute atomic E-state index is 0. The maximum atomic E-state index is 0. The van der Waals surface area contributed by atoms with Crippen molar-refractivity contribution in [2.75, 3.05) is 0 Å². The fraction of sp³-hybridized carbons (Fsp3) is 0. The Morgan fingerprint density at radius 1 is 1.00 bits per heavy atom. The maximum Gasteiger partial charge on any atom is 0 e. The third kappa shape index (κ3) is 9.03. The van der Waals surface area contributed by atoms with Gasteiger partial charge in [-0.25, -0.2) is 0 Å². The average molecular weight is 356 g/mol. The van der Waals surface area contributed by atoms with Crippen molar-refractivity contribution in [3.63, 3.8) is 0 Å². The minimum atomic E-state index is 0. The van der Waals surface area contributed by atoms with E-state index in [0.717, 1.165) is 0 Å². The van der Waals surface area contributed by atoms with Gasteiger partial charge in [0, 0.05) is 104 Å². The van der Waals surface area contributed by atoms with Crippen molar-refractivity contribution in [2.45, 2.75) is 0 Å². The van der Waals surface area contributed by atoms with E-state index in [4.69, 9.17) is 0 Å². The Hall–Kier alpha value is 3.38. The van der Waals surface area contributed by atoms with E-state index in [1.54, 1.807) is 0 Å². The van der Waals surface area contributed by atoms with Crippen molar-refractivity contribution in [1.29, 1.82) is 0 Å². The zero-order valence-corrected chi connectivity index (χ0v) is 11.9. The predicted octanol–water partition coefficient (Wildman–Crippen LogP) is -0.00750. The monoisotopic (exact) mass is 351 g/mol. The molecule has 4 heteroatoms. The first kappa shape index (κ1) is 26.3. The van der Waals surface area contributed by atoms with Crippen LogP contribution in [0.15, 0.2) is 0 Å². The molecule has 0 atom stereocenters. The molecule has 0 aliphatic rings. The molecule has 0 aromatic rings. The van der Waals surface area contributed by atoms with Crippen LogP contribution < -0.4 is 0 Å². The molecular formula is MnNdZnZr. The first-order valence-electron chi connectivity index (χ1n) is 0. The zero-order valence-electron chi connectivity index (χ0n) is 2.09. The summed E-state index contributed by atoms with van der Waals surface area (Å²) < 4.78 is 0. The van der Waals surface area contributed by atoms with Crippen LogP contribution in [0.25, 0.3) is 0 Å². The standard InChI is InChI=1S/Mn.Nd.Zn.Zr. The second-order valence-corrected chi connectivity index (χ2v) is 0. The van der Waals surface area contributed by atoms with Crippen molar-refractivity contribution in [3.05, 3.63) is 0 Å². The smallest absolute Gasteiger partial charge is 0 e. The quantitative estimate of drug-likeness (QED) is 0.536. The summed E-state index contributed by atoms with van der Waals surface area (Å²) in [4.78, 5) is 0. The van der Waals surface area contributed by atoms with Gasteiger partial charge >= 0.3 is 0 Å². The van der Waals surface area contributed by atoms with Gasteiger partial charge in [0.15, 0.2) is 0 Å². The van der Waals surface area contributed by atoms with Crippen LogP contribution in [0.4, 0.5) is 0 Å². The van der Waals surface area contributed by atoms with Crippen LogP contribution in [-0.4, -0.2) is 0 Å². The molecule has 0 rings (SSSR count). The van der Waals surface area contributed by atoms with Gasteiger partial charge in [0.1, 0.15) is 0 Å². The molecule has 0 heterocycles. The van der Waals surface area contributed by atoms with E-state index in [-0.39, 0.29) is 104 Å². The summed E-state index contributed by atoms with van der Waals surface area (Å²) in [5, 5.41) is 0. The van der Waals surface area contributed by atoms with Gasteiger partial charge in [0.25, 0.3) is 0 Å². The first-order chi connectivity index (χ1) is 0. The third-order valence-corrected chi connectivity index (χ3v) is 0. The maximum absolute atomic E-state index is 0. The second kappa shape index (κ2) is 16.2. The summed E-state index contributed by atoms with van der Waals surface area (Å²) in [6.07, 6.45) is 0. The molecule has 0 bridgehead atoms. The van der Waals surface area contributed by atoms with Crippen LogP contribution in [0, 0.1) is 40.8 Å². The average Bonchev–Trinajstić information content (AvgIpc) is 0. The Labute approximate surface area is 101 Å². The van der Waals surface area contributed by atoms with Gasteiger partial charge in [-0.2, -0.15) is 0 Å². The van der Waals surface area contributed by atoms with Crippen molar-refractivity contribution in [2.24, 2.45) is 0 Å². The molecule has 4 heavy (non-hydrogen) atoms. The molecule has 0 amide bonds. The molecular weight excluding hydrogens is 356 g/mol. The summed E-state index contributed by atoms with van der Waals surface area (Å²) in [6, 6.07) is 0. The minimum Gasteiger partial charge on any atom is 0 e. The van der Waals surface area contributed by atoms with E-state index in [1.807, 2.05) is 0 Å². The van der Waals surface area contributed by atoms with Crippen LogP contribution in [0.3, 0.4) is 0 Å². The molecule has 0 N–H and O–H groups in total.